The molecule has 30 heavy (non-hydrogen) atoms. The molecule has 2 aromatic rings. The number of allylic oxidation sites excluding steroid dienone is 1. The van der Waals surface area contributed by atoms with Crippen LogP contribution in [0.25, 0.3) is 0 Å². The fourth-order valence-electron chi connectivity index (χ4n) is 3.35. The van der Waals surface area contributed by atoms with Gasteiger partial charge in [-0.3, -0.25) is 9.10 Å². The van der Waals surface area contributed by atoms with Gasteiger partial charge in [0.2, 0.25) is 10.0 Å². The van der Waals surface area contributed by atoms with Gasteiger partial charge in [-0.15, -0.1) is 0 Å². The second-order valence-corrected chi connectivity index (χ2v) is 10.2. The van der Waals surface area contributed by atoms with Gasteiger partial charge in [0.25, 0.3) is 5.91 Å². The lowest BCUT2D eigenvalue weighted by Crippen LogP contribution is -2.30. The van der Waals surface area contributed by atoms with Crippen LogP contribution in [0.3, 0.4) is 0 Å². The highest BCUT2D eigenvalue weighted by molar-refractivity contribution is 9.10. The summed E-state index contributed by atoms with van der Waals surface area (Å²) in [6.45, 7) is 0.511. The fourth-order valence-corrected chi connectivity index (χ4v) is 4.58. The quantitative estimate of drug-likeness (QED) is 0.562. The lowest BCUT2D eigenvalue weighted by molar-refractivity contribution is 0.0956. The molecule has 8 heteroatoms. The van der Waals surface area contributed by atoms with E-state index in [4.69, 9.17) is 0 Å². The van der Waals surface area contributed by atoms with Gasteiger partial charge in [-0.25, -0.2) is 12.8 Å². The third-order valence-electron chi connectivity index (χ3n) is 4.98. The molecule has 0 unspecified atom stereocenters. The zero-order valence-electron chi connectivity index (χ0n) is 16.7. The highest BCUT2D eigenvalue weighted by atomic mass is 79.9. The standard InChI is InChI=1S/C22H24BrFN2O3S/c1-30(28,29)26(21-12-11-19(23)13-20(21)24)15-17-7-9-18(10-8-17)22(27)25-14-16-5-3-2-4-6-16/h5,7-13H,2-4,6,14-15H2,1H3,(H,25,27). The molecule has 0 atom stereocenters. The number of hydrogen-bond acceptors (Lipinski definition) is 3. The number of sulfonamides is 1. The van der Waals surface area contributed by atoms with Crippen molar-refractivity contribution in [1.82, 2.24) is 5.32 Å². The predicted molar refractivity (Wildman–Crippen MR) is 120 cm³/mol. The van der Waals surface area contributed by atoms with Crippen LogP contribution >= 0.6 is 15.9 Å². The number of carbonyl (C=O) groups excluding carboxylic acids is 1. The van der Waals surface area contributed by atoms with E-state index in [9.17, 15) is 17.6 Å². The van der Waals surface area contributed by atoms with Gasteiger partial charge >= 0.3 is 0 Å². The van der Waals surface area contributed by atoms with E-state index in [1.54, 1.807) is 30.3 Å². The molecule has 0 aliphatic heterocycles. The van der Waals surface area contributed by atoms with Crippen molar-refractivity contribution in [1.29, 1.82) is 0 Å². The van der Waals surface area contributed by atoms with Gasteiger partial charge in [0.05, 0.1) is 18.5 Å². The first-order chi connectivity index (χ1) is 14.2. The Morgan fingerprint density at radius 2 is 1.90 bits per heavy atom. The number of rotatable bonds is 7. The molecule has 3 rings (SSSR count). The van der Waals surface area contributed by atoms with Crippen LogP contribution in [0, 0.1) is 5.82 Å². The van der Waals surface area contributed by atoms with Crippen molar-refractivity contribution in [2.24, 2.45) is 0 Å². The molecule has 0 aromatic heterocycles. The van der Waals surface area contributed by atoms with Gasteiger partial charge in [-0.05, 0) is 61.6 Å². The maximum atomic E-state index is 14.3. The molecular weight excluding hydrogens is 471 g/mol. The molecule has 1 N–H and O–H groups in total. The second-order valence-electron chi connectivity index (χ2n) is 7.35. The van der Waals surface area contributed by atoms with Crippen LogP contribution in [-0.2, 0) is 16.6 Å². The Bertz CT molecular complexity index is 1050. The molecule has 0 heterocycles. The monoisotopic (exact) mass is 494 g/mol. The Morgan fingerprint density at radius 3 is 2.50 bits per heavy atom. The van der Waals surface area contributed by atoms with E-state index in [0.717, 1.165) is 29.8 Å². The van der Waals surface area contributed by atoms with E-state index in [0.29, 0.717) is 22.1 Å². The third kappa shape index (κ3) is 5.92. The molecule has 2 aromatic carbocycles. The smallest absolute Gasteiger partial charge is 0.251 e. The Balaban J connectivity index is 1.71. The van der Waals surface area contributed by atoms with Crippen molar-refractivity contribution in [3.8, 4) is 0 Å². The number of nitrogens with zero attached hydrogens (tertiary/aromatic N) is 1. The lowest BCUT2D eigenvalue weighted by Gasteiger charge is -2.23. The van der Waals surface area contributed by atoms with Gasteiger partial charge in [-0.1, -0.05) is 39.7 Å². The number of carbonyl (C=O) groups is 1. The molecular formula is C22H24BrFN2O3S. The zero-order chi connectivity index (χ0) is 21.7. The number of benzene rings is 2. The maximum absolute atomic E-state index is 14.3. The number of halogens is 2. The molecule has 0 bridgehead atoms. The van der Waals surface area contributed by atoms with Crippen LogP contribution in [0.2, 0.25) is 0 Å². The number of nitrogens with one attached hydrogen (secondary N) is 1. The van der Waals surface area contributed by atoms with E-state index in [-0.39, 0.29) is 18.1 Å². The van der Waals surface area contributed by atoms with Crippen molar-refractivity contribution >= 4 is 37.5 Å². The highest BCUT2D eigenvalue weighted by Gasteiger charge is 2.21. The van der Waals surface area contributed by atoms with Gasteiger partial charge < -0.3 is 5.32 Å². The van der Waals surface area contributed by atoms with Crippen LogP contribution in [-0.4, -0.2) is 27.1 Å². The third-order valence-corrected chi connectivity index (χ3v) is 6.60. The second kappa shape index (κ2) is 9.75. The minimum atomic E-state index is -3.71. The van der Waals surface area contributed by atoms with E-state index in [1.165, 1.54) is 24.1 Å². The fraction of sp³-hybridized carbons (Fsp3) is 0.318. The Morgan fingerprint density at radius 1 is 1.17 bits per heavy atom. The van der Waals surface area contributed by atoms with Crippen LogP contribution in [0.5, 0.6) is 0 Å². The molecule has 1 amide bonds. The molecule has 160 valence electrons. The van der Waals surface area contributed by atoms with Crippen LogP contribution in [0.1, 0.15) is 41.6 Å². The summed E-state index contributed by atoms with van der Waals surface area (Å²) < 4.78 is 40.4. The average Bonchev–Trinajstić information content (AvgIpc) is 2.71. The topological polar surface area (TPSA) is 66.5 Å². The first kappa shape index (κ1) is 22.5. The first-order valence-corrected chi connectivity index (χ1v) is 12.4. The highest BCUT2D eigenvalue weighted by Crippen LogP contribution is 2.27. The van der Waals surface area contributed by atoms with Crippen LogP contribution in [0.15, 0.2) is 58.6 Å². The molecule has 1 aliphatic rings. The SMILES string of the molecule is CS(=O)(=O)N(Cc1ccc(C(=O)NCC2=CCCCC2)cc1)c1ccc(Br)cc1F. The summed E-state index contributed by atoms with van der Waals surface area (Å²) in [6.07, 6.45) is 7.67. The predicted octanol–water partition coefficient (Wildman–Crippen LogP) is 4.78. The Labute approximate surface area is 185 Å². The molecule has 0 spiro atoms. The average molecular weight is 495 g/mol. The number of anilines is 1. The zero-order valence-corrected chi connectivity index (χ0v) is 19.1. The number of hydrogen-bond donors (Lipinski definition) is 1. The normalized spacial score (nSPS) is 14.2. The summed E-state index contributed by atoms with van der Waals surface area (Å²) in [4.78, 5) is 12.4. The van der Waals surface area contributed by atoms with Gasteiger partial charge in [0.1, 0.15) is 5.82 Å². The molecule has 0 saturated carbocycles. The number of amides is 1. The largest absolute Gasteiger partial charge is 0.348 e. The van der Waals surface area contributed by atoms with Crippen molar-refractivity contribution < 1.29 is 17.6 Å². The van der Waals surface area contributed by atoms with E-state index < -0.39 is 15.8 Å². The molecule has 0 saturated heterocycles. The molecule has 5 nitrogen and oxygen atoms in total. The van der Waals surface area contributed by atoms with E-state index >= 15 is 0 Å². The minimum absolute atomic E-state index is 0.0247. The summed E-state index contributed by atoms with van der Waals surface area (Å²) in [5.74, 6) is -0.810. The summed E-state index contributed by atoms with van der Waals surface area (Å²) in [5.41, 5.74) is 2.37. The first-order valence-electron chi connectivity index (χ1n) is 9.72. The molecule has 1 aliphatic carbocycles. The van der Waals surface area contributed by atoms with Gasteiger partial charge in [0.15, 0.2) is 0 Å². The van der Waals surface area contributed by atoms with E-state index in [1.807, 2.05) is 0 Å². The van der Waals surface area contributed by atoms with Gasteiger partial charge in [-0.2, -0.15) is 0 Å². The van der Waals surface area contributed by atoms with Crippen molar-refractivity contribution in [3.63, 3.8) is 0 Å². The summed E-state index contributed by atoms with van der Waals surface area (Å²) >= 11 is 3.17. The van der Waals surface area contributed by atoms with Crippen LogP contribution < -0.4 is 9.62 Å². The molecule has 0 fully saturated rings. The summed E-state index contributed by atoms with van der Waals surface area (Å²) in [7, 11) is -3.71. The minimum Gasteiger partial charge on any atom is -0.348 e. The maximum Gasteiger partial charge on any atom is 0.251 e. The Hall–Kier alpha value is -2.19. The van der Waals surface area contributed by atoms with Crippen LogP contribution in [0.4, 0.5) is 10.1 Å². The van der Waals surface area contributed by atoms with Gasteiger partial charge in [0, 0.05) is 16.6 Å². The van der Waals surface area contributed by atoms with Crippen molar-refractivity contribution in [2.45, 2.75) is 32.2 Å². The molecule has 0 radical (unpaired) electrons. The van der Waals surface area contributed by atoms with Crippen molar-refractivity contribution in [2.75, 3.05) is 17.1 Å². The summed E-state index contributed by atoms with van der Waals surface area (Å²) in [6, 6.07) is 10.9. The van der Waals surface area contributed by atoms with Crippen molar-refractivity contribution in [3.05, 3.63) is 75.5 Å². The summed E-state index contributed by atoms with van der Waals surface area (Å²) in [5, 5.41) is 2.92. The lowest BCUT2D eigenvalue weighted by atomic mass is 9.99. The Kier molecular flexibility index (Phi) is 7.31. The van der Waals surface area contributed by atoms with E-state index in [2.05, 4.69) is 27.3 Å².